The van der Waals surface area contributed by atoms with Crippen molar-refractivity contribution in [1.82, 2.24) is 9.88 Å². The zero-order valence-electron chi connectivity index (χ0n) is 17.3. The van der Waals surface area contributed by atoms with E-state index in [-0.39, 0.29) is 31.1 Å². The van der Waals surface area contributed by atoms with Crippen LogP contribution in [-0.4, -0.2) is 34.1 Å². The molecule has 2 rings (SSSR count). The van der Waals surface area contributed by atoms with Gasteiger partial charge in [0, 0.05) is 32.2 Å². The van der Waals surface area contributed by atoms with E-state index in [9.17, 15) is 24.3 Å². The summed E-state index contributed by atoms with van der Waals surface area (Å²) in [5.41, 5.74) is 0.0738. The normalized spacial score (nSPS) is 11.8. The van der Waals surface area contributed by atoms with Crippen molar-refractivity contribution < 1.29 is 24.2 Å². The Bertz CT molecular complexity index is 965. The largest absolute Gasteiger partial charge is 0.451 e. The molecule has 160 valence electrons. The van der Waals surface area contributed by atoms with Crippen molar-refractivity contribution in [1.29, 1.82) is 0 Å². The van der Waals surface area contributed by atoms with Crippen molar-refractivity contribution in [2.24, 2.45) is 5.92 Å². The van der Waals surface area contributed by atoms with Gasteiger partial charge in [-0.2, -0.15) is 0 Å². The number of amides is 2. The van der Waals surface area contributed by atoms with Crippen LogP contribution in [0.15, 0.2) is 47.4 Å². The molecule has 0 aliphatic carbocycles. The van der Waals surface area contributed by atoms with E-state index in [1.165, 1.54) is 23.8 Å². The average Bonchev–Trinajstić information content (AvgIpc) is 2.67. The first kappa shape index (κ1) is 23.0. The number of pyridine rings is 1. The van der Waals surface area contributed by atoms with E-state index in [2.05, 4.69) is 5.32 Å². The number of hydrogen-bond donors (Lipinski definition) is 2. The third-order valence-corrected chi connectivity index (χ3v) is 4.25. The second-order valence-corrected chi connectivity index (χ2v) is 7.27. The molecule has 1 unspecified atom stereocenters. The van der Waals surface area contributed by atoms with Gasteiger partial charge < -0.3 is 14.4 Å². The van der Waals surface area contributed by atoms with Gasteiger partial charge in [-0.05, 0) is 11.5 Å². The first-order valence-electron chi connectivity index (χ1n) is 9.64. The zero-order chi connectivity index (χ0) is 22.3. The summed E-state index contributed by atoms with van der Waals surface area (Å²) in [6, 6.07) is 10.0. The number of ether oxygens (including phenoxy) is 1. The fourth-order valence-electron chi connectivity index (χ4n) is 3.00. The smallest absolute Gasteiger partial charge is 0.303 e. The summed E-state index contributed by atoms with van der Waals surface area (Å²) < 4.78 is 6.91. The monoisotopic (exact) mass is 414 g/mol. The molecule has 2 N–H and O–H groups in total. The molecular formula is C22H26N2O6. The molecule has 1 heterocycles. The fourth-order valence-corrected chi connectivity index (χ4v) is 3.00. The predicted molar refractivity (Wildman–Crippen MR) is 110 cm³/mol. The number of rotatable bonds is 8. The number of imide groups is 1. The lowest BCUT2D eigenvalue weighted by atomic mass is 10.0. The van der Waals surface area contributed by atoms with Crippen molar-refractivity contribution in [3.05, 3.63) is 69.6 Å². The molecule has 0 aliphatic rings. The van der Waals surface area contributed by atoms with Gasteiger partial charge in [0.1, 0.15) is 5.56 Å². The summed E-state index contributed by atoms with van der Waals surface area (Å²) in [6.07, 6.45) is 0.519. The second-order valence-electron chi connectivity index (χ2n) is 7.27. The summed E-state index contributed by atoms with van der Waals surface area (Å²) in [4.78, 5) is 48.7. The highest BCUT2D eigenvalue weighted by atomic mass is 16.5. The Balaban J connectivity index is 2.49. The third-order valence-electron chi connectivity index (χ3n) is 4.25. The van der Waals surface area contributed by atoms with Crippen LogP contribution in [0.2, 0.25) is 0 Å². The first-order chi connectivity index (χ1) is 14.2. The van der Waals surface area contributed by atoms with Gasteiger partial charge in [0.25, 0.3) is 5.91 Å². The number of hydrogen-bond acceptors (Lipinski definition) is 6. The maximum atomic E-state index is 12.7. The van der Waals surface area contributed by atoms with Crippen LogP contribution in [0, 0.1) is 5.92 Å². The quantitative estimate of drug-likeness (QED) is 0.637. The number of aromatic nitrogens is 1. The average molecular weight is 414 g/mol. The van der Waals surface area contributed by atoms with E-state index in [4.69, 9.17) is 4.74 Å². The highest BCUT2D eigenvalue weighted by molar-refractivity contribution is 6.04. The van der Waals surface area contributed by atoms with E-state index in [1.807, 2.05) is 13.8 Å². The molecule has 1 atom stereocenters. The van der Waals surface area contributed by atoms with Gasteiger partial charge in [-0.1, -0.05) is 44.2 Å². The Morgan fingerprint density at radius 1 is 1.17 bits per heavy atom. The van der Waals surface area contributed by atoms with Crippen LogP contribution in [0.3, 0.4) is 0 Å². The van der Waals surface area contributed by atoms with Crippen molar-refractivity contribution in [3.63, 3.8) is 0 Å². The maximum Gasteiger partial charge on any atom is 0.303 e. The lowest BCUT2D eigenvalue weighted by molar-refractivity contribution is -0.145. The number of carbonyl (C=O) groups excluding carboxylic acids is 3. The summed E-state index contributed by atoms with van der Waals surface area (Å²) in [7, 11) is 0. The number of esters is 1. The predicted octanol–water partition coefficient (Wildman–Crippen LogP) is 1.80. The molecule has 0 bridgehead atoms. The van der Waals surface area contributed by atoms with Gasteiger partial charge in [0.05, 0.1) is 12.3 Å². The van der Waals surface area contributed by atoms with Crippen LogP contribution in [0.1, 0.15) is 54.9 Å². The summed E-state index contributed by atoms with van der Waals surface area (Å²) in [6.45, 7) is 4.72. The molecule has 2 amide bonds. The second kappa shape index (κ2) is 10.5. The Kier molecular flexibility index (Phi) is 8.06. The van der Waals surface area contributed by atoms with E-state index < -0.39 is 29.3 Å². The zero-order valence-corrected chi connectivity index (χ0v) is 17.3. The number of aliphatic hydroxyl groups excluding tert-OH is 1. The van der Waals surface area contributed by atoms with Crippen molar-refractivity contribution >= 4 is 17.8 Å². The number of nitrogens with one attached hydrogen (secondary N) is 1. The van der Waals surface area contributed by atoms with Crippen LogP contribution < -0.4 is 10.7 Å². The molecule has 0 saturated heterocycles. The van der Waals surface area contributed by atoms with Crippen LogP contribution in [0.4, 0.5) is 0 Å². The van der Waals surface area contributed by atoms with Gasteiger partial charge in [-0.15, -0.1) is 0 Å². The number of benzene rings is 1. The number of nitrogens with zero attached hydrogens (tertiary/aromatic N) is 1. The van der Waals surface area contributed by atoms with Crippen LogP contribution in [0.5, 0.6) is 0 Å². The van der Waals surface area contributed by atoms with E-state index in [0.717, 1.165) is 0 Å². The van der Waals surface area contributed by atoms with Crippen molar-refractivity contribution in [2.45, 2.75) is 39.8 Å². The standard InChI is InChI=1S/C22H26N2O6/c1-14(2)11-20(28)23-22(29)17-13-24(9-10-25)18(12-19(17)27)21(30-15(3)26)16-7-5-4-6-8-16/h4-8,12-14,21,25H,9-11H2,1-3H3,(H,23,28,29). The Morgan fingerprint density at radius 3 is 2.40 bits per heavy atom. The third kappa shape index (κ3) is 6.12. The lowest BCUT2D eigenvalue weighted by Gasteiger charge is -2.22. The Labute approximate surface area is 174 Å². The molecule has 8 heteroatoms. The van der Waals surface area contributed by atoms with Gasteiger partial charge in [0.15, 0.2) is 11.5 Å². The molecule has 0 saturated carbocycles. The molecule has 0 aliphatic heterocycles. The molecule has 8 nitrogen and oxygen atoms in total. The fraction of sp³-hybridized carbons (Fsp3) is 0.364. The first-order valence-corrected chi connectivity index (χ1v) is 9.64. The SMILES string of the molecule is CC(=O)OC(c1ccccc1)c1cc(=O)c(C(=O)NC(=O)CC(C)C)cn1CCO. The minimum Gasteiger partial charge on any atom is -0.451 e. The molecule has 1 aromatic carbocycles. The van der Waals surface area contributed by atoms with E-state index in [1.54, 1.807) is 30.3 Å². The van der Waals surface area contributed by atoms with E-state index in [0.29, 0.717) is 11.3 Å². The number of aliphatic hydroxyl groups is 1. The molecule has 0 radical (unpaired) electrons. The topological polar surface area (TPSA) is 115 Å². The summed E-state index contributed by atoms with van der Waals surface area (Å²) in [5.74, 6) is -1.78. The minimum absolute atomic E-state index is 0.0560. The highest BCUT2D eigenvalue weighted by Gasteiger charge is 2.24. The van der Waals surface area contributed by atoms with Gasteiger partial charge in [-0.25, -0.2) is 0 Å². The molecule has 0 fully saturated rings. The summed E-state index contributed by atoms with van der Waals surface area (Å²) in [5, 5.41) is 11.7. The van der Waals surface area contributed by atoms with Gasteiger partial charge in [-0.3, -0.25) is 24.5 Å². The molecule has 0 spiro atoms. The molecule has 30 heavy (non-hydrogen) atoms. The minimum atomic E-state index is -0.900. The lowest BCUT2D eigenvalue weighted by Crippen LogP contribution is -2.35. The van der Waals surface area contributed by atoms with Crippen molar-refractivity contribution in [3.8, 4) is 0 Å². The van der Waals surface area contributed by atoms with Crippen LogP contribution >= 0.6 is 0 Å². The highest BCUT2D eigenvalue weighted by Crippen LogP contribution is 2.25. The van der Waals surface area contributed by atoms with Crippen LogP contribution in [0.25, 0.3) is 0 Å². The Hall–Kier alpha value is -3.26. The van der Waals surface area contributed by atoms with Crippen molar-refractivity contribution in [2.75, 3.05) is 6.61 Å². The van der Waals surface area contributed by atoms with Crippen LogP contribution in [-0.2, 0) is 20.9 Å². The molecule has 1 aromatic heterocycles. The molecule has 2 aromatic rings. The number of carbonyl (C=O) groups is 3. The van der Waals surface area contributed by atoms with E-state index >= 15 is 0 Å². The molecular weight excluding hydrogens is 388 g/mol. The maximum absolute atomic E-state index is 12.7. The Morgan fingerprint density at radius 2 is 1.83 bits per heavy atom. The summed E-state index contributed by atoms with van der Waals surface area (Å²) >= 11 is 0. The van der Waals surface area contributed by atoms with Gasteiger partial charge >= 0.3 is 5.97 Å². The van der Waals surface area contributed by atoms with Gasteiger partial charge in [0.2, 0.25) is 5.91 Å².